The highest BCUT2D eigenvalue weighted by molar-refractivity contribution is 5.78. The van der Waals surface area contributed by atoms with Gasteiger partial charge in [-0.15, -0.1) is 0 Å². The fourth-order valence-electron chi connectivity index (χ4n) is 2.69. The molecule has 0 bridgehead atoms. The van der Waals surface area contributed by atoms with Crippen molar-refractivity contribution in [1.29, 1.82) is 0 Å². The minimum Gasteiger partial charge on any atom is -0.338 e. The van der Waals surface area contributed by atoms with E-state index in [1.807, 2.05) is 18.7 Å². The third-order valence-electron chi connectivity index (χ3n) is 3.94. The predicted octanol–water partition coefficient (Wildman–Crippen LogP) is 1.73. The Kier molecular flexibility index (Phi) is 7.85. The van der Waals surface area contributed by atoms with E-state index < -0.39 is 0 Å². The summed E-state index contributed by atoms with van der Waals surface area (Å²) in [4.78, 5) is 16.5. The van der Waals surface area contributed by atoms with Gasteiger partial charge in [0.1, 0.15) is 0 Å². The average Bonchev–Trinajstić information content (AvgIpc) is 2.43. The fraction of sp³-hybridized carbons (Fsp3) is 0.812. The molecule has 4 heteroatoms. The molecule has 0 spiro atoms. The van der Waals surface area contributed by atoms with Crippen LogP contribution >= 0.6 is 0 Å². The van der Waals surface area contributed by atoms with Crippen molar-refractivity contribution in [2.45, 2.75) is 33.6 Å². The molecule has 1 N–H and O–H groups in total. The second-order valence-corrected chi connectivity index (χ2v) is 5.89. The topological polar surface area (TPSA) is 35.6 Å². The smallest absolute Gasteiger partial charge is 0.237 e. The van der Waals surface area contributed by atoms with Crippen molar-refractivity contribution in [2.75, 3.05) is 45.8 Å². The van der Waals surface area contributed by atoms with Crippen molar-refractivity contribution >= 4 is 5.91 Å². The molecule has 0 atom stereocenters. The molecule has 0 aromatic heterocycles. The molecule has 0 radical (unpaired) electrons. The molecule has 0 aliphatic carbocycles. The Balaban J connectivity index is 2.31. The number of amides is 1. The molecule has 1 aliphatic heterocycles. The van der Waals surface area contributed by atoms with Crippen LogP contribution in [0.15, 0.2) is 12.2 Å². The van der Waals surface area contributed by atoms with Crippen LogP contribution in [-0.4, -0.2) is 61.5 Å². The Morgan fingerprint density at radius 2 is 2.00 bits per heavy atom. The lowest BCUT2D eigenvalue weighted by molar-refractivity contribution is -0.132. The van der Waals surface area contributed by atoms with E-state index in [1.54, 1.807) is 0 Å². The Labute approximate surface area is 124 Å². The van der Waals surface area contributed by atoms with Crippen molar-refractivity contribution < 1.29 is 4.79 Å². The molecule has 0 unspecified atom stereocenters. The van der Waals surface area contributed by atoms with Crippen molar-refractivity contribution in [1.82, 2.24) is 15.1 Å². The average molecular weight is 281 g/mol. The molecule has 20 heavy (non-hydrogen) atoms. The van der Waals surface area contributed by atoms with Gasteiger partial charge in [0.25, 0.3) is 0 Å². The Hall–Kier alpha value is -0.870. The molecule has 1 aliphatic rings. The summed E-state index contributed by atoms with van der Waals surface area (Å²) in [5.41, 5.74) is 1.05. The first-order valence-electron chi connectivity index (χ1n) is 7.92. The molecule has 116 valence electrons. The van der Waals surface area contributed by atoms with Crippen molar-refractivity contribution in [2.24, 2.45) is 5.92 Å². The molecule has 0 saturated carbocycles. The van der Waals surface area contributed by atoms with Gasteiger partial charge in [0.2, 0.25) is 5.91 Å². The lowest BCUT2D eigenvalue weighted by Gasteiger charge is -2.33. The van der Waals surface area contributed by atoms with Gasteiger partial charge in [-0.1, -0.05) is 19.1 Å². The molecular weight excluding hydrogens is 250 g/mol. The van der Waals surface area contributed by atoms with E-state index in [2.05, 4.69) is 23.7 Å². The van der Waals surface area contributed by atoms with Crippen LogP contribution in [0.3, 0.4) is 0 Å². The Morgan fingerprint density at radius 3 is 2.50 bits per heavy atom. The van der Waals surface area contributed by atoms with Crippen LogP contribution in [0, 0.1) is 5.92 Å². The second kappa shape index (κ2) is 9.14. The van der Waals surface area contributed by atoms with E-state index in [4.69, 9.17) is 0 Å². The molecule has 1 rings (SSSR count). The standard InChI is InChI=1S/C16H31N3O/c1-5-17-11-15-7-9-18(10-8-15)13-16(20)19(6-2)12-14(3)4/h15,17H,3,5-13H2,1-2,4H3. The number of likely N-dealkylation sites (N-methyl/N-ethyl adjacent to an activating group) is 1. The van der Waals surface area contributed by atoms with Gasteiger partial charge in [-0.05, 0) is 58.8 Å². The SMILES string of the molecule is C=C(C)CN(CC)C(=O)CN1CCC(CNCC)CC1. The van der Waals surface area contributed by atoms with Crippen molar-refractivity contribution in [3.63, 3.8) is 0 Å². The summed E-state index contributed by atoms with van der Waals surface area (Å²) in [5, 5.41) is 3.42. The third kappa shape index (κ3) is 6.06. The van der Waals surface area contributed by atoms with Crippen molar-refractivity contribution in [3.8, 4) is 0 Å². The van der Waals surface area contributed by atoms with E-state index in [-0.39, 0.29) is 5.91 Å². The largest absolute Gasteiger partial charge is 0.338 e. The van der Waals surface area contributed by atoms with Crippen LogP contribution < -0.4 is 5.32 Å². The normalized spacial score (nSPS) is 17.1. The monoisotopic (exact) mass is 281 g/mol. The summed E-state index contributed by atoms with van der Waals surface area (Å²) in [6.45, 7) is 16.3. The molecule has 1 fully saturated rings. The van der Waals surface area contributed by atoms with Gasteiger partial charge in [-0.2, -0.15) is 0 Å². The summed E-state index contributed by atoms with van der Waals surface area (Å²) >= 11 is 0. The molecule has 1 heterocycles. The maximum absolute atomic E-state index is 12.3. The third-order valence-corrected chi connectivity index (χ3v) is 3.94. The number of carbonyl (C=O) groups is 1. The molecule has 0 aromatic rings. The number of likely N-dealkylation sites (tertiary alicyclic amines) is 1. The number of hydrogen-bond acceptors (Lipinski definition) is 3. The molecule has 4 nitrogen and oxygen atoms in total. The van der Waals surface area contributed by atoms with Gasteiger partial charge in [-0.3, -0.25) is 9.69 Å². The van der Waals surface area contributed by atoms with E-state index in [1.165, 1.54) is 12.8 Å². The maximum atomic E-state index is 12.3. The zero-order chi connectivity index (χ0) is 15.0. The van der Waals surface area contributed by atoms with Crippen LogP contribution in [0.1, 0.15) is 33.6 Å². The number of nitrogens with one attached hydrogen (secondary N) is 1. The first-order chi connectivity index (χ1) is 9.56. The van der Waals surface area contributed by atoms with Gasteiger partial charge in [0.05, 0.1) is 6.54 Å². The Bertz CT molecular complexity index is 309. The summed E-state index contributed by atoms with van der Waals surface area (Å²) in [6, 6.07) is 0. The van der Waals surface area contributed by atoms with Crippen LogP contribution in [-0.2, 0) is 4.79 Å². The van der Waals surface area contributed by atoms with Crippen LogP contribution in [0.25, 0.3) is 0 Å². The quantitative estimate of drug-likeness (QED) is 0.688. The molecule has 1 amide bonds. The summed E-state index contributed by atoms with van der Waals surface area (Å²) in [6.07, 6.45) is 2.40. The van der Waals surface area contributed by atoms with Gasteiger partial charge in [0, 0.05) is 13.1 Å². The van der Waals surface area contributed by atoms with E-state index in [0.717, 1.165) is 44.2 Å². The lowest BCUT2D eigenvalue weighted by atomic mass is 9.97. The zero-order valence-corrected chi connectivity index (χ0v) is 13.5. The van der Waals surface area contributed by atoms with E-state index >= 15 is 0 Å². The summed E-state index contributed by atoms with van der Waals surface area (Å²) < 4.78 is 0. The van der Waals surface area contributed by atoms with Gasteiger partial charge < -0.3 is 10.2 Å². The number of carbonyl (C=O) groups excluding carboxylic acids is 1. The number of rotatable bonds is 8. The minimum atomic E-state index is 0.237. The highest BCUT2D eigenvalue weighted by Crippen LogP contribution is 2.16. The minimum absolute atomic E-state index is 0.237. The van der Waals surface area contributed by atoms with Gasteiger partial charge in [-0.25, -0.2) is 0 Å². The first-order valence-corrected chi connectivity index (χ1v) is 7.92. The maximum Gasteiger partial charge on any atom is 0.237 e. The number of nitrogens with zero attached hydrogens (tertiary/aromatic N) is 2. The lowest BCUT2D eigenvalue weighted by Crippen LogP contribution is -2.44. The number of hydrogen-bond donors (Lipinski definition) is 1. The highest BCUT2D eigenvalue weighted by Gasteiger charge is 2.22. The first kappa shape index (κ1) is 17.2. The summed E-state index contributed by atoms with van der Waals surface area (Å²) in [5.74, 6) is 1.01. The predicted molar refractivity (Wildman–Crippen MR) is 84.8 cm³/mol. The highest BCUT2D eigenvalue weighted by atomic mass is 16.2. The van der Waals surface area contributed by atoms with E-state index in [9.17, 15) is 4.79 Å². The zero-order valence-electron chi connectivity index (χ0n) is 13.5. The molecule has 0 aromatic carbocycles. The molecule has 1 saturated heterocycles. The van der Waals surface area contributed by atoms with Crippen LogP contribution in [0.4, 0.5) is 0 Å². The van der Waals surface area contributed by atoms with Gasteiger partial charge >= 0.3 is 0 Å². The second-order valence-electron chi connectivity index (χ2n) is 5.89. The molecular formula is C16H31N3O. The number of piperidine rings is 1. The fourth-order valence-corrected chi connectivity index (χ4v) is 2.69. The van der Waals surface area contributed by atoms with E-state index in [0.29, 0.717) is 13.1 Å². The van der Waals surface area contributed by atoms with Crippen LogP contribution in [0.2, 0.25) is 0 Å². The van der Waals surface area contributed by atoms with Gasteiger partial charge in [0.15, 0.2) is 0 Å². The summed E-state index contributed by atoms with van der Waals surface area (Å²) in [7, 11) is 0. The van der Waals surface area contributed by atoms with Crippen molar-refractivity contribution in [3.05, 3.63) is 12.2 Å². The Morgan fingerprint density at radius 1 is 1.35 bits per heavy atom. The van der Waals surface area contributed by atoms with Crippen LogP contribution in [0.5, 0.6) is 0 Å².